The summed E-state index contributed by atoms with van der Waals surface area (Å²) in [6.07, 6.45) is 0. The van der Waals surface area contributed by atoms with Gasteiger partial charge in [0.15, 0.2) is 6.61 Å². The molecular weight excluding hydrogens is 394 g/mol. The van der Waals surface area contributed by atoms with E-state index in [1.54, 1.807) is 18.2 Å². The number of nitrogens with one attached hydrogen (secondary N) is 1. The molecule has 8 heteroatoms. The van der Waals surface area contributed by atoms with E-state index in [0.29, 0.717) is 17.1 Å². The topological polar surface area (TPSA) is 106 Å². The van der Waals surface area contributed by atoms with E-state index in [2.05, 4.69) is 5.32 Å². The lowest BCUT2D eigenvalue weighted by molar-refractivity contribution is -0.141. The minimum atomic E-state index is -1.11. The lowest BCUT2D eigenvalue weighted by Gasteiger charge is -2.14. The van der Waals surface area contributed by atoms with Crippen LogP contribution in [0.4, 0.5) is 0 Å². The summed E-state index contributed by atoms with van der Waals surface area (Å²) >= 11 is 1.42. The molecule has 3 rings (SSSR count). The van der Waals surface area contributed by atoms with E-state index in [1.807, 2.05) is 30.3 Å². The van der Waals surface area contributed by atoms with Gasteiger partial charge in [0, 0.05) is 29.0 Å². The maximum absolute atomic E-state index is 12.1. The van der Waals surface area contributed by atoms with E-state index in [-0.39, 0.29) is 12.4 Å². The second-order valence-corrected chi connectivity index (χ2v) is 7.23. The van der Waals surface area contributed by atoms with E-state index >= 15 is 0 Å². The quantitative estimate of drug-likeness (QED) is 0.520. The first kappa shape index (κ1) is 20.5. The lowest BCUT2D eigenvalue weighted by Crippen LogP contribution is -2.44. The van der Waals surface area contributed by atoms with Crippen LogP contribution in [0.1, 0.15) is 5.56 Å². The third-order valence-corrected chi connectivity index (χ3v) is 5.10. The van der Waals surface area contributed by atoms with Crippen LogP contribution in [-0.2, 0) is 15.3 Å². The molecule has 0 saturated heterocycles. The number of carbonyl (C=O) groups excluding carboxylic acids is 1. The number of rotatable bonds is 9. The Balaban J connectivity index is 1.51. The summed E-state index contributed by atoms with van der Waals surface area (Å²) in [6, 6.07) is 16.4. The van der Waals surface area contributed by atoms with Crippen molar-refractivity contribution in [1.29, 1.82) is 0 Å². The van der Waals surface area contributed by atoms with E-state index < -0.39 is 23.5 Å². The summed E-state index contributed by atoms with van der Waals surface area (Å²) in [5.41, 5.74) is 0.945. The Bertz CT molecular complexity index is 1050. The zero-order valence-corrected chi connectivity index (χ0v) is 16.2. The van der Waals surface area contributed by atoms with Gasteiger partial charge in [-0.1, -0.05) is 30.3 Å². The number of carboxylic acid groups (broad SMARTS) is 1. The summed E-state index contributed by atoms with van der Waals surface area (Å²) < 4.78 is 10.5. The minimum absolute atomic E-state index is 0.233. The first-order valence-corrected chi connectivity index (χ1v) is 9.97. The van der Waals surface area contributed by atoms with Crippen molar-refractivity contribution in [3.05, 3.63) is 76.6 Å². The fourth-order valence-electron chi connectivity index (χ4n) is 2.56. The van der Waals surface area contributed by atoms with Gasteiger partial charge in [-0.05, 0) is 23.8 Å². The first-order chi connectivity index (χ1) is 14.0. The number of ether oxygens (including phenoxy) is 1. The fraction of sp³-hybridized carbons (Fsp3) is 0.190. The van der Waals surface area contributed by atoms with Gasteiger partial charge in [0.2, 0.25) is 0 Å². The Morgan fingerprint density at radius 2 is 1.86 bits per heavy atom. The molecule has 2 N–H and O–H groups in total. The van der Waals surface area contributed by atoms with Crippen molar-refractivity contribution in [2.24, 2.45) is 0 Å². The minimum Gasteiger partial charge on any atom is -0.484 e. The Morgan fingerprint density at radius 1 is 1.10 bits per heavy atom. The molecule has 1 amide bonds. The van der Waals surface area contributed by atoms with E-state index in [4.69, 9.17) is 9.15 Å². The number of benzene rings is 2. The van der Waals surface area contributed by atoms with Crippen LogP contribution < -0.4 is 15.7 Å². The maximum atomic E-state index is 12.1. The molecule has 0 aliphatic carbocycles. The van der Waals surface area contributed by atoms with Crippen LogP contribution >= 0.6 is 11.8 Å². The smallest absolute Gasteiger partial charge is 0.336 e. The van der Waals surface area contributed by atoms with E-state index in [0.717, 1.165) is 10.9 Å². The van der Waals surface area contributed by atoms with Crippen molar-refractivity contribution < 1.29 is 23.8 Å². The van der Waals surface area contributed by atoms with Crippen LogP contribution in [0, 0.1) is 0 Å². The number of hydrogen-bond donors (Lipinski definition) is 2. The number of fused-ring (bicyclic) bond motifs is 1. The highest BCUT2D eigenvalue weighted by Gasteiger charge is 2.20. The summed E-state index contributed by atoms with van der Waals surface area (Å²) in [6.45, 7) is -0.351. The summed E-state index contributed by atoms with van der Waals surface area (Å²) in [4.78, 5) is 34.8. The summed E-state index contributed by atoms with van der Waals surface area (Å²) in [5.74, 6) is -0.429. The predicted molar refractivity (Wildman–Crippen MR) is 110 cm³/mol. The molecule has 0 radical (unpaired) electrons. The van der Waals surface area contributed by atoms with Crippen LogP contribution in [0.15, 0.2) is 69.9 Å². The summed E-state index contributed by atoms with van der Waals surface area (Å²) in [7, 11) is 0. The molecule has 150 valence electrons. The number of carboxylic acids is 1. The number of hydrogen-bond acceptors (Lipinski definition) is 6. The highest BCUT2D eigenvalue weighted by molar-refractivity contribution is 7.98. The molecule has 1 aromatic heterocycles. The molecule has 1 heterocycles. The standard InChI is InChI=1S/C21H19NO6S/c23-19(11-27-16-8-6-15-7-9-20(24)28-18(15)10-16)22-17(21(25)26)13-29-12-14-4-2-1-3-5-14/h1-10,17H,11-13H2,(H,22,23)(H,25,26). The molecule has 0 fully saturated rings. The van der Waals surface area contributed by atoms with Crippen LogP contribution in [0.2, 0.25) is 0 Å². The van der Waals surface area contributed by atoms with Crippen LogP contribution in [0.5, 0.6) is 5.75 Å². The maximum Gasteiger partial charge on any atom is 0.336 e. The zero-order valence-electron chi connectivity index (χ0n) is 15.4. The molecule has 0 aliphatic heterocycles. The molecule has 3 aromatic rings. The van der Waals surface area contributed by atoms with Gasteiger partial charge in [0.05, 0.1) is 0 Å². The molecule has 0 spiro atoms. The average molecular weight is 413 g/mol. The highest BCUT2D eigenvalue weighted by atomic mass is 32.2. The monoisotopic (exact) mass is 413 g/mol. The third kappa shape index (κ3) is 6.11. The van der Waals surface area contributed by atoms with Crippen molar-refractivity contribution in [3.8, 4) is 5.75 Å². The molecule has 0 aliphatic rings. The van der Waals surface area contributed by atoms with Crippen molar-refractivity contribution in [2.75, 3.05) is 12.4 Å². The molecule has 0 bridgehead atoms. The number of amides is 1. The van der Waals surface area contributed by atoms with Crippen molar-refractivity contribution in [3.63, 3.8) is 0 Å². The van der Waals surface area contributed by atoms with Crippen LogP contribution in [0.25, 0.3) is 11.0 Å². The molecular formula is C21H19NO6S. The average Bonchev–Trinajstić information content (AvgIpc) is 2.72. The third-order valence-electron chi connectivity index (χ3n) is 3.99. The Hall–Kier alpha value is -3.26. The SMILES string of the molecule is O=C(COc1ccc2ccc(=O)oc2c1)NC(CSCc1ccccc1)C(=O)O. The van der Waals surface area contributed by atoms with Crippen LogP contribution in [-0.4, -0.2) is 35.4 Å². The molecule has 1 atom stereocenters. The van der Waals surface area contributed by atoms with Gasteiger partial charge in [0.25, 0.3) is 5.91 Å². The predicted octanol–water partition coefficient (Wildman–Crippen LogP) is 2.67. The molecule has 29 heavy (non-hydrogen) atoms. The summed E-state index contributed by atoms with van der Waals surface area (Å²) in [5, 5.41) is 12.5. The highest BCUT2D eigenvalue weighted by Crippen LogP contribution is 2.19. The van der Waals surface area contributed by atoms with Gasteiger partial charge in [-0.15, -0.1) is 0 Å². The van der Waals surface area contributed by atoms with Crippen molar-refractivity contribution in [2.45, 2.75) is 11.8 Å². The Morgan fingerprint density at radius 3 is 2.62 bits per heavy atom. The van der Waals surface area contributed by atoms with E-state index in [9.17, 15) is 19.5 Å². The first-order valence-electron chi connectivity index (χ1n) is 8.82. The fourth-order valence-corrected chi connectivity index (χ4v) is 3.57. The van der Waals surface area contributed by atoms with Crippen molar-refractivity contribution >= 4 is 34.6 Å². The van der Waals surface area contributed by atoms with Gasteiger partial charge >= 0.3 is 11.6 Å². The second kappa shape index (κ2) is 9.79. The Kier molecular flexibility index (Phi) is 6.91. The van der Waals surface area contributed by atoms with Crippen molar-refractivity contribution in [1.82, 2.24) is 5.32 Å². The largest absolute Gasteiger partial charge is 0.484 e. The van der Waals surface area contributed by atoms with Gasteiger partial charge < -0.3 is 19.6 Å². The molecule has 1 unspecified atom stereocenters. The Labute approximate surface area is 170 Å². The van der Waals surface area contributed by atoms with Gasteiger partial charge in [-0.3, -0.25) is 4.79 Å². The molecule has 7 nitrogen and oxygen atoms in total. The lowest BCUT2D eigenvalue weighted by atomic mass is 10.2. The van der Waals surface area contributed by atoms with E-state index in [1.165, 1.54) is 23.9 Å². The van der Waals surface area contributed by atoms with Gasteiger partial charge in [-0.2, -0.15) is 11.8 Å². The number of thioether (sulfide) groups is 1. The second-order valence-electron chi connectivity index (χ2n) is 6.20. The molecule has 2 aromatic carbocycles. The van der Waals surface area contributed by atoms with Gasteiger partial charge in [-0.25, -0.2) is 9.59 Å². The number of carbonyl (C=O) groups is 2. The zero-order chi connectivity index (χ0) is 20.6. The number of aliphatic carboxylic acids is 1. The van der Waals surface area contributed by atoms with Gasteiger partial charge in [0.1, 0.15) is 17.4 Å². The normalized spacial score (nSPS) is 11.7. The van der Waals surface area contributed by atoms with Crippen LogP contribution in [0.3, 0.4) is 0 Å². The molecule has 0 saturated carbocycles.